The van der Waals surface area contributed by atoms with Crippen LogP contribution in [0.1, 0.15) is 24.0 Å². The van der Waals surface area contributed by atoms with Crippen molar-refractivity contribution in [3.8, 4) is 0 Å². The number of benzene rings is 1. The highest BCUT2D eigenvalue weighted by atomic mass is 19.3. The van der Waals surface area contributed by atoms with Gasteiger partial charge in [-0.25, -0.2) is 8.78 Å². The van der Waals surface area contributed by atoms with Crippen molar-refractivity contribution >= 4 is 0 Å². The molecule has 2 rings (SSSR count). The SMILES string of the molecule is Cc1ccc(C(F)(F)C2(CN)CC2)cc1. The van der Waals surface area contributed by atoms with Crippen molar-refractivity contribution in [2.75, 3.05) is 6.54 Å². The summed E-state index contributed by atoms with van der Waals surface area (Å²) in [7, 11) is 0. The summed E-state index contributed by atoms with van der Waals surface area (Å²) in [5.41, 5.74) is 5.56. The van der Waals surface area contributed by atoms with Crippen LogP contribution in [0.3, 0.4) is 0 Å². The van der Waals surface area contributed by atoms with E-state index in [0.29, 0.717) is 12.8 Å². The molecule has 1 saturated carbocycles. The molecule has 1 nitrogen and oxygen atoms in total. The molecule has 0 heterocycles. The molecular weight excluding hydrogens is 196 g/mol. The van der Waals surface area contributed by atoms with Crippen LogP contribution in [0.15, 0.2) is 24.3 Å². The Hall–Kier alpha value is -0.960. The molecule has 1 aromatic rings. The van der Waals surface area contributed by atoms with Gasteiger partial charge in [0, 0.05) is 12.1 Å². The van der Waals surface area contributed by atoms with Crippen LogP contribution in [-0.2, 0) is 5.92 Å². The number of alkyl halides is 2. The van der Waals surface area contributed by atoms with Gasteiger partial charge in [-0.1, -0.05) is 29.8 Å². The van der Waals surface area contributed by atoms with E-state index >= 15 is 0 Å². The average Bonchev–Trinajstić information content (AvgIpc) is 2.99. The predicted octanol–water partition coefficient (Wildman–Crippen LogP) is 2.83. The van der Waals surface area contributed by atoms with Gasteiger partial charge in [0.2, 0.25) is 0 Å². The molecule has 0 atom stereocenters. The molecule has 0 bridgehead atoms. The lowest BCUT2D eigenvalue weighted by Gasteiger charge is -2.25. The highest BCUT2D eigenvalue weighted by Gasteiger charge is 2.61. The van der Waals surface area contributed by atoms with Gasteiger partial charge in [0.1, 0.15) is 0 Å². The van der Waals surface area contributed by atoms with Crippen molar-refractivity contribution in [1.29, 1.82) is 0 Å². The monoisotopic (exact) mass is 211 g/mol. The van der Waals surface area contributed by atoms with Gasteiger partial charge in [0.15, 0.2) is 0 Å². The summed E-state index contributed by atoms with van der Waals surface area (Å²) in [4.78, 5) is 0. The summed E-state index contributed by atoms with van der Waals surface area (Å²) in [6, 6.07) is 6.45. The Morgan fingerprint density at radius 3 is 2.20 bits per heavy atom. The first-order valence-electron chi connectivity index (χ1n) is 5.17. The summed E-state index contributed by atoms with van der Waals surface area (Å²) < 4.78 is 28.1. The van der Waals surface area contributed by atoms with Crippen LogP contribution < -0.4 is 5.73 Å². The third-order valence-electron chi connectivity index (χ3n) is 3.32. The second-order valence-electron chi connectivity index (χ2n) is 4.42. The fourth-order valence-corrected chi connectivity index (χ4v) is 1.87. The van der Waals surface area contributed by atoms with Crippen molar-refractivity contribution in [3.05, 3.63) is 35.4 Å². The van der Waals surface area contributed by atoms with E-state index in [-0.39, 0.29) is 12.1 Å². The van der Waals surface area contributed by atoms with Crippen LogP contribution in [0, 0.1) is 12.3 Å². The lowest BCUT2D eigenvalue weighted by molar-refractivity contribution is -0.0762. The van der Waals surface area contributed by atoms with E-state index < -0.39 is 11.3 Å². The Morgan fingerprint density at radius 1 is 1.27 bits per heavy atom. The van der Waals surface area contributed by atoms with E-state index in [4.69, 9.17) is 5.73 Å². The third kappa shape index (κ3) is 1.55. The van der Waals surface area contributed by atoms with Crippen molar-refractivity contribution in [3.63, 3.8) is 0 Å². The van der Waals surface area contributed by atoms with Crippen LogP contribution >= 0.6 is 0 Å². The number of aryl methyl sites for hydroxylation is 1. The largest absolute Gasteiger partial charge is 0.330 e. The van der Waals surface area contributed by atoms with E-state index in [1.165, 1.54) is 12.1 Å². The smallest absolute Gasteiger partial charge is 0.279 e. The van der Waals surface area contributed by atoms with E-state index in [0.717, 1.165) is 5.56 Å². The van der Waals surface area contributed by atoms with E-state index in [1.54, 1.807) is 12.1 Å². The van der Waals surface area contributed by atoms with Gasteiger partial charge < -0.3 is 5.73 Å². The maximum absolute atomic E-state index is 14.0. The van der Waals surface area contributed by atoms with E-state index in [2.05, 4.69) is 0 Å². The van der Waals surface area contributed by atoms with Gasteiger partial charge in [-0.2, -0.15) is 0 Å². The maximum atomic E-state index is 14.0. The van der Waals surface area contributed by atoms with E-state index in [1.807, 2.05) is 6.92 Å². The molecule has 0 amide bonds. The highest BCUT2D eigenvalue weighted by molar-refractivity contribution is 5.29. The molecule has 82 valence electrons. The molecule has 0 radical (unpaired) electrons. The highest BCUT2D eigenvalue weighted by Crippen LogP contribution is 2.60. The zero-order valence-electron chi connectivity index (χ0n) is 8.76. The van der Waals surface area contributed by atoms with Gasteiger partial charge in [-0.15, -0.1) is 0 Å². The standard InChI is InChI=1S/C12H15F2N/c1-9-2-4-10(5-3-9)12(13,14)11(8-15)6-7-11/h2-5H,6-8,15H2,1H3. The molecule has 2 N–H and O–H groups in total. The Labute approximate surface area is 88.3 Å². The van der Waals surface area contributed by atoms with Crippen LogP contribution in [0.2, 0.25) is 0 Å². The molecule has 3 heteroatoms. The Morgan fingerprint density at radius 2 is 1.80 bits per heavy atom. The average molecular weight is 211 g/mol. The summed E-state index contributed by atoms with van der Waals surface area (Å²) in [5, 5.41) is 0. The minimum atomic E-state index is -2.78. The van der Waals surface area contributed by atoms with Gasteiger partial charge in [0.05, 0.1) is 5.41 Å². The maximum Gasteiger partial charge on any atom is 0.279 e. The molecule has 1 aromatic carbocycles. The number of hydrogen-bond donors (Lipinski definition) is 1. The number of hydrogen-bond acceptors (Lipinski definition) is 1. The quantitative estimate of drug-likeness (QED) is 0.817. The van der Waals surface area contributed by atoms with Gasteiger partial charge in [-0.3, -0.25) is 0 Å². The second kappa shape index (κ2) is 3.27. The Balaban J connectivity index is 2.33. The van der Waals surface area contributed by atoms with Crippen LogP contribution in [0.25, 0.3) is 0 Å². The molecule has 0 aliphatic heterocycles. The van der Waals surface area contributed by atoms with Crippen molar-refractivity contribution in [1.82, 2.24) is 0 Å². The zero-order valence-corrected chi connectivity index (χ0v) is 8.76. The predicted molar refractivity (Wildman–Crippen MR) is 55.8 cm³/mol. The number of rotatable bonds is 3. The normalized spacial score (nSPS) is 18.9. The zero-order chi connectivity index (χ0) is 11.1. The fraction of sp³-hybridized carbons (Fsp3) is 0.500. The van der Waals surface area contributed by atoms with Crippen LogP contribution in [-0.4, -0.2) is 6.54 Å². The lowest BCUT2D eigenvalue weighted by Crippen LogP contribution is -2.33. The van der Waals surface area contributed by atoms with E-state index in [9.17, 15) is 8.78 Å². The molecule has 0 spiro atoms. The third-order valence-corrected chi connectivity index (χ3v) is 3.32. The topological polar surface area (TPSA) is 26.0 Å². The molecular formula is C12H15F2N. The minimum Gasteiger partial charge on any atom is -0.330 e. The van der Waals surface area contributed by atoms with Gasteiger partial charge >= 0.3 is 0 Å². The first kappa shape index (κ1) is 10.6. The summed E-state index contributed by atoms with van der Waals surface area (Å²) in [6.45, 7) is 1.95. The van der Waals surface area contributed by atoms with Crippen molar-refractivity contribution in [2.24, 2.45) is 11.1 Å². The minimum absolute atomic E-state index is 0.0634. The Kier molecular flexibility index (Phi) is 2.30. The molecule has 1 aliphatic rings. The van der Waals surface area contributed by atoms with Gasteiger partial charge in [0.25, 0.3) is 5.92 Å². The number of halogens is 2. The summed E-state index contributed by atoms with van der Waals surface area (Å²) in [5.74, 6) is -2.78. The Bertz CT molecular complexity index is 352. The molecule has 15 heavy (non-hydrogen) atoms. The first-order chi connectivity index (χ1) is 7.02. The molecule has 0 unspecified atom stereocenters. The first-order valence-corrected chi connectivity index (χ1v) is 5.17. The fourth-order valence-electron chi connectivity index (χ4n) is 1.87. The summed E-state index contributed by atoms with van der Waals surface area (Å²) >= 11 is 0. The molecule has 1 aliphatic carbocycles. The molecule has 0 aromatic heterocycles. The number of nitrogens with two attached hydrogens (primary N) is 1. The molecule has 0 saturated heterocycles. The molecule has 1 fully saturated rings. The second-order valence-corrected chi connectivity index (χ2v) is 4.42. The van der Waals surface area contributed by atoms with Crippen molar-refractivity contribution < 1.29 is 8.78 Å². The van der Waals surface area contributed by atoms with Crippen LogP contribution in [0.4, 0.5) is 8.78 Å². The van der Waals surface area contributed by atoms with Crippen LogP contribution in [0.5, 0.6) is 0 Å². The van der Waals surface area contributed by atoms with Crippen molar-refractivity contribution in [2.45, 2.75) is 25.7 Å². The van der Waals surface area contributed by atoms with Gasteiger partial charge in [-0.05, 0) is 19.8 Å². The summed E-state index contributed by atoms with van der Waals surface area (Å²) in [6.07, 6.45) is 1.06. The lowest BCUT2D eigenvalue weighted by atomic mass is 9.91.